The summed E-state index contributed by atoms with van der Waals surface area (Å²) < 4.78 is 0. The molecule has 1 aromatic carbocycles. The topological polar surface area (TPSA) is 40.5 Å². The minimum Gasteiger partial charge on any atom is -0.396 e. The zero-order valence-corrected chi connectivity index (χ0v) is 9.72. The normalized spacial score (nSPS) is 10.1. The van der Waals surface area contributed by atoms with Gasteiger partial charge in [-0.3, -0.25) is 4.79 Å². The van der Waals surface area contributed by atoms with Crippen LogP contribution in [0.1, 0.15) is 24.8 Å². The van der Waals surface area contributed by atoms with E-state index in [4.69, 9.17) is 5.11 Å². The van der Waals surface area contributed by atoms with Crippen molar-refractivity contribution in [3.63, 3.8) is 0 Å². The van der Waals surface area contributed by atoms with Crippen molar-refractivity contribution in [2.75, 3.05) is 13.7 Å². The molecule has 3 nitrogen and oxygen atoms in total. The van der Waals surface area contributed by atoms with Crippen molar-refractivity contribution in [3.05, 3.63) is 35.9 Å². The molecule has 0 atom stereocenters. The fourth-order valence-corrected chi connectivity index (χ4v) is 1.52. The number of nitrogens with zero attached hydrogens (tertiary/aromatic N) is 1. The molecule has 0 fully saturated rings. The third kappa shape index (κ3) is 4.45. The minimum atomic E-state index is 0.136. The average molecular weight is 221 g/mol. The summed E-state index contributed by atoms with van der Waals surface area (Å²) in [5.74, 6) is 0.136. The average Bonchev–Trinajstić information content (AvgIpc) is 2.30. The Morgan fingerprint density at radius 2 is 1.94 bits per heavy atom. The fraction of sp³-hybridized carbons (Fsp3) is 0.462. The Labute approximate surface area is 96.7 Å². The van der Waals surface area contributed by atoms with Crippen LogP contribution in [0.2, 0.25) is 0 Å². The summed E-state index contributed by atoms with van der Waals surface area (Å²) in [5.41, 5.74) is 1.14. The monoisotopic (exact) mass is 221 g/mol. The second kappa shape index (κ2) is 7.01. The molecular formula is C13H19NO2. The molecule has 0 saturated heterocycles. The molecule has 0 unspecified atom stereocenters. The Morgan fingerprint density at radius 3 is 2.56 bits per heavy atom. The molecule has 0 heterocycles. The first-order valence-corrected chi connectivity index (χ1v) is 5.63. The van der Waals surface area contributed by atoms with Crippen LogP contribution >= 0.6 is 0 Å². The van der Waals surface area contributed by atoms with E-state index in [-0.39, 0.29) is 12.5 Å². The van der Waals surface area contributed by atoms with Crippen molar-refractivity contribution in [2.24, 2.45) is 0 Å². The van der Waals surface area contributed by atoms with Crippen LogP contribution in [0.15, 0.2) is 30.3 Å². The molecule has 0 bridgehead atoms. The molecular weight excluding hydrogens is 202 g/mol. The number of unbranched alkanes of at least 4 members (excludes halogenated alkanes) is 1. The molecule has 0 aliphatic heterocycles. The van der Waals surface area contributed by atoms with Gasteiger partial charge in [0.05, 0.1) is 0 Å². The van der Waals surface area contributed by atoms with Gasteiger partial charge in [-0.05, 0) is 18.4 Å². The summed E-state index contributed by atoms with van der Waals surface area (Å²) in [5, 5.41) is 8.63. The van der Waals surface area contributed by atoms with Crippen molar-refractivity contribution in [1.29, 1.82) is 0 Å². The van der Waals surface area contributed by atoms with Crippen molar-refractivity contribution < 1.29 is 9.90 Å². The molecule has 0 radical (unpaired) electrons. The van der Waals surface area contributed by atoms with Crippen LogP contribution in [0.3, 0.4) is 0 Å². The summed E-state index contributed by atoms with van der Waals surface area (Å²) in [6.45, 7) is 0.814. The number of amides is 1. The van der Waals surface area contributed by atoms with Crippen LogP contribution in [0.5, 0.6) is 0 Å². The van der Waals surface area contributed by atoms with Gasteiger partial charge in [-0.1, -0.05) is 30.3 Å². The first-order valence-electron chi connectivity index (χ1n) is 5.63. The zero-order chi connectivity index (χ0) is 11.8. The van der Waals surface area contributed by atoms with Crippen molar-refractivity contribution in [1.82, 2.24) is 4.90 Å². The highest BCUT2D eigenvalue weighted by Crippen LogP contribution is 2.05. The van der Waals surface area contributed by atoms with E-state index in [9.17, 15) is 4.79 Å². The molecule has 0 saturated carbocycles. The molecule has 1 N–H and O–H groups in total. The van der Waals surface area contributed by atoms with Gasteiger partial charge in [0, 0.05) is 26.6 Å². The Bertz CT molecular complexity index is 311. The Hall–Kier alpha value is -1.35. The summed E-state index contributed by atoms with van der Waals surface area (Å²) >= 11 is 0. The van der Waals surface area contributed by atoms with Gasteiger partial charge in [0.1, 0.15) is 0 Å². The van der Waals surface area contributed by atoms with Crippen molar-refractivity contribution >= 4 is 5.91 Å². The van der Waals surface area contributed by atoms with Crippen molar-refractivity contribution in [3.8, 4) is 0 Å². The lowest BCUT2D eigenvalue weighted by Gasteiger charge is -2.17. The van der Waals surface area contributed by atoms with Crippen molar-refractivity contribution in [2.45, 2.75) is 25.8 Å². The smallest absolute Gasteiger partial charge is 0.222 e. The maximum Gasteiger partial charge on any atom is 0.222 e. The SMILES string of the molecule is CN(Cc1ccccc1)C(=O)CCCCO. The van der Waals surface area contributed by atoms with E-state index in [1.165, 1.54) is 0 Å². The van der Waals surface area contributed by atoms with E-state index in [0.29, 0.717) is 19.4 Å². The number of benzene rings is 1. The number of carbonyl (C=O) groups is 1. The second-order valence-corrected chi connectivity index (χ2v) is 3.92. The lowest BCUT2D eigenvalue weighted by Crippen LogP contribution is -2.25. The molecule has 1 amide bonds. The Morgan fingerprint density at radius 1 is 1.25 bits per heavy atom. The number of rotatable bonds is 6. The van der Waals surface area contributed by atoms with Gasteiger partial charge in [0.2, 0.25) is 5.91 Å². The lowest BCUT2D eigenvalue weighted by molar-refractivity contribution is -0.130. The number of aliphatic hydroxyl groups excluding tert-OH is 1. The summed E-state index contributed by atoms with van der Waals surface area (Å²) in [4.78, 5) is 13.4. The summed E-state index contributed by atoms with van der Waals surface area (Å²) in [7, 11) is 1.81. The maximum absolute atomic E-state index is 11.7. The standard InChI is InChI=1S/C13H19NO2/c1-14(13(16)9-5-6-10-15)11-12-7-3-2-4-8-12/h2-4,7-8,15H,5-6,9-11H2,1H3. The molecule has 16 heavy (non-hydrogen) atoms. The number of carbonyl (C=O) groups excluding carboxylic acids is 1. The molecule has 0 aliphatic carbocycles. The van der Waals surface area contributed by atoms with E-state index in [1.54, 1.807) is 4.90 Å². The first kappa shape index (κ1) is 12.7. The van der Waals surface area contributed by atoms with Gasteiger partial charge in [-0.2, -0.15) is 0 Å². The third-order valence-corrected chi connectivity index (χ3v) is 2.49. The van der Waals surface area contributed by atoms with Crippen LogP contribution in [-0.2, 0) is 11.3 Å². The van der Waals surface area contributed by atoms with Gasteiger partial charge >= 0.3 is 0 Å². The minimum absolute atomic E-state index is 0.136. The molecule has 0 spiro atoms. The van der Waals surface area contributed by atoms with E-state index in [2.05, 4.69) is 0 Å². The molecule has 88 valence electrons. The van der Waals surface area contributed by atoms with Crippen LogP contribution in [0, 0.1) is 0 Å². The molecule has 0 aliphatic rings. The maximum atomic E-state index is 11.7. The summed E-state index contributed by atoms with van der Waals surface area (Å²) in [6, 6.07) is 9.93. The first-order chi connectivity index (χ1) is 7.74. The molecule has 0 aromatic heterocycles. The quantitative estimate of drug-likeness (QED) is 0.744. The Kier molecular flexibility index (Phi) is 5.57. The van der Waals surface area contributed by atoms with Gasteiger partial charge in [-0.25, -0.2) is 0 Å². The fourth-order valence-electron chi connectivity index (χ4n) is 1.52. The highest BCUT2D eigenvalue weighted by atomic mass is 16.3. The predicted octanol–water partition coefficient (Wildman–Crippen LogP) is 1.81. The Balaban J connectivity index is 2.34. The number of aliphatic hydroxyl groups is 1. The van der Waals surface area contributed by atoms with Crippen LogP contribution < -0.4 is 0 Å². The zero-order valence-electron chi connectivity index (χ0n) is 9.72. The number of hydrogen-bond acceptors (Lipinski definition) is 2. The largest absolute Gasteiger partial charge is 0.396 e. The van der Waals surface area contributed by atoms with Gasteiger partial charge in [0.25, 0.3) is 0 Å². The third-order valence-electron chi connectivity index (χ3n) is 2.49. The molecule has 1 rings (SSSR count). The van der Waals surface area contributed by atoms with Gasteiger partial charge in [0.15, 0.2) is 0 Å². The van der Waals surface area contributed by atoms with E-state index in [0.717, 1.165) is 12.0 Å². The molecule has 1 aromatic rings. The highest BCUT2D eigenvalue weighted by molar-refractivity contribution is 5.75. The second-order valence-electron chi connectivity index (χ2n) is 3.92. The van der Waals surface area contributed by atoms with Crippen LogP contribution in [0.25, 0.3) is 0 Å². The highest BCUT2D eigenvalue weighted by Gasteiger charge is 2.08. The van der Waals surface area contributed by atoms with E-state index in [1.807, 2.05) is 37.4 Å². The molecule has 3 heteroatoms. The predicted molar refractivity (Wildman–Crippen MR) is 63.9 cm³/mol. The summed E-state index contributed by atoms with van der Waals surface area (Å²) in [6.07, 6.45) is 1.98. The lowest BCUT2D eigenvalue weighted by atomic mass is 10.2. The van der Waals surface area contributed by atoms with Crippen LogP contribution in [-0.4, -0.2) is 29.6 Å². The number of hydrogen-bond donors (Lipinski definition) is 1. The van der Waals surface area contributed by atoms with Gasteiger partial charge in [-0.15, -0.1) is 0 Å². The van der Waals surface area contributed by atoms with Crippen LogP contribution in [0.4, 0.5) is 0 Å². The van der Waals surface area contributed by atoms with E-state index >= 15 is 0 Å². The van der Waals surface area contributed by atoms with Gasteiger partial charge < -0.3 is 10.0 Å². The van der Waals surface area contributed by atoms with E-state index < -0.39 is 0 Å².